The zero-order valence-electron chi connectivity index (χ0n) is 16.6. The van der Waals surface area contributed by atoms with Gasteiger partial charge in [0.2, 0.25) is 0 Å². The summed E-state index contributed by atoms with van der Waals surface area (Å²) in [6, 6.07) is 0. The summed E-state index contributed by atoms with van der Waals surface area (Å²) in [4.78, 5) is 0. The highest BCUT2D eigenvalue weighted by molar-refractivity contribution is 5.02. The molecule has 0 spiro atoms. The van der Waals surface area contributed by atoms with Crippen molar-refractivity contribution in [1.82, 2.24) is 0 Å². The van der Waals surface area contributed by atoms with Gasteiger partial charge in [-0.15, -0.1) is 0 Å². The van der Waals surface area contributed by atoms with E-state index in [0.29, 0.717) is 0 Å². The minimum absolute atomic E-state index is 0.0207. The fourth-order valence-electron chi connectivity index (χ4n) is 2.49. The summed E-state index contributed by atoms with van der Waals surface area (Å²) < 4.78 is 11.5. The van der Waals surface area contributed by atoms with Gasteiger partial charge in [-0.1, -0.05) is 77.2 Å². The van der Waals surface area contributed by atoms with Gasteiger partial charge in [-0.05, 0) is 44.9 Å². The molecule has 0 aromatic heterocycles. The molecule has 0 saturated heterocycles. The van der Waals surface area contributed by atoms with Gasteiger partial charge in [0.1, 0.15) is 0 Å². The third-order valence-corrected chi connectivity index (χ3v) is 3.93. The van der Waals surface area contributed by atoms with Crippen LogP contribution < -0.4 is 0 Å². The number of allylic oxidation sites excluding steroid dienone is 4. The van der Waals surface area contributed by atoms with Crippen LogP contribution in [-0.2, 0) is 9.47 Å². The normalized spacial score (nSPS) is 12.2. The SMILES string of the molecule is CCCC/C=C\C=C\CCCCCCCC(OCCC)OCCC. The van der Waals surface area contributed by atoms with Crippen molar-refractivity contribution in [3.63, 3.8) is 0 Å². The molecule has 2 nitrogen and oxygen atoms in total. The van der Waals surface area contributed by atoms with Gasteiger partial charge in [-0.3, -0.25) is 0 Å². The molecule has 0 aromatic rings. The van der Waals surface area contributed by atoms with Crippen molar-refractivity contribution in [1.29, 1.82) is 0 Å². The van der Waals surface area contributed by atoms with E-state index in [1.807, 2.05) is 0 Å². The second kappa shape index (κ2) is 20.4. The summed E-state index contributed by atoms with van der Waals surface area (Å²) in [5, 5.41) is 0. The number of hydrogen-bond acceptors (Lipinski definition) is 2. The van der Waals surface area contributed by atoms with Crippen LogP contribution in [0.5, 0.6) is 0 Å². The first-order chi connectivity index (χ1) is 11.8. The Hall–Kier alpha value is -0.600. The van der Waals surface area contributed by atoms with Crippen LogP contribution in [0, 0.1) is 0 Å². The van der Waals surface area contributed by atoms with Crippen LogP contribution in [0.2, 0.25) is 0 Å². The van der Waals surface area contributed by atoms with E-state index in [1.54, 1.807) is 0 Å². The van der Waals surface area contributed by atoms with Crippen LogP contribution in [0.1, 0.15) is 97.8 Å². The van der Waals surface area contributed by atoms with E-state index in [9.17, 15) is 0 Å². The highest BCUT2D eigenvalue weighted by atomic mass is 16.7. The molecular weight excluding hydrogens is 296 g/mol. The Morgan fingerprint density at radius 1 is 0.625 bits per heavy atom. The quantitative estimate of drug-likeness (QED) is 0.149. The van der Waals surface area contributed by atoms with Gasteiger partial charge in [0.15, 0.2) is 6.29 Å². The smallest absolute Gasteiger partial charge is 0.157 e. The molecule has 0 heterocycles. The minimum atomic E-state index is 0.0207. The lowest BCUT2D eigenvalue weighted by Gasteiger charge is -2.18. The average molecular weight is 339 g/mol. The number of rotatable bonds is 18. The van der Waals surface area contributed by atoms with Crippen molar-refractivity contribution in [3.05, 3.63) is 24.3 Å². The number of hydrogen-bond donors (Lipinski definition) is 0. The standard InChI is InChI=1S/C22H42O2/c1-4-7-8-9-10-11-12-13-14-15-16-17-18-19-22(23-20-5-2)24-21-6-3/h9-12,22H,4-8,13-21H2,1-3H3/b10-9-,12-11+. The lowest BCUT2D eigenvalue weighted by atomic mass is 10.1. The van der Waals surface area contributed by atoms with Crippen molar-refractivity contribution >= 4 is 0 Å². The summed E-state index contributed by atoms with van der Waals surface area (Å²) in [6.45, 7) is 8.15. The van der Waals surface area contributed by atoms with E-state index in [2.05, 4.69) is 45.1 Å². The molecular formula is C22H42O2. The number of unbranched alkanes of at least 4 members (excludes halogenated alkanes) is 7. The van der Waals surface area contributed by atoms with Gasteiger partial charge in [0.25, 0.3) is 0 Å². The molecule has 0 radical (unpaired) electrons. The lowest BCUT2D eigenvalue weighted by molar-refractivity contribution is -0.146. The van der Waals surface area contributed by atoms with Crippen LogP contribution in [0.3, 0.4) is 0 Å². The largest absolute Gasteiger partial charge is 0.353 e. The molecule has 0 saturated carbocycles. The Balaban J connectivity index is 3.46. The summed E-state index contributed by atoms with van der Waals surface area (Å²) in [5.41, 5.74) is 0. The molecule has 142 valence electrons. The lowest BCUT2D eigenvalue weighted by Crippen LogP contribution is -2.18. The highest BCUT2D eigenvalue weighted by Gasteiger charge is 2.07. The second-order valence-corrected chi connectivity index (χ2v) is 6.51. The minimum Gasteiger partial charge on any atom is -0.353 e. The molecule has 0 aromatic carbocycles. The Kier molecular flexibility index (Phi) is 19.9. The first-order valence-electron chi connectivity index (χ1n) is 10.4. The monoisotopic (exact) mass is 338 g/mol. The molecule has 24 heavy (non-hydrogen) atoms. The predicted octanol–water partition coefficient (Wildman–Crippen LogP) is 7.20. The first-order valence-corrected chi connectivity index (χ1v) is 10.4. The molecule has 0 aliphatic heterocycles. The average Bonchev–Trinajstić information content (AvgIpc) is 2.60. The van der Waals surface area contributed by atoms with E-state index in [4.69, 9.17) is 9.47 Å². The second-order valence-electron chi connectivity index (χ2n) is 6.51. The first kappa shape index (κ1) is 23.4. The maximum absolute atomic E-state index is 5.76. The van der Waals surface area contributed by atoms with E-state index in [-0.39, 0.29) is 6.29 Å². The van der Waals surface area contributed by atoms with Crippen LogP contribution in [0.15, 0.2) is 24.3 Å². The molecule has 0 amide bonds. The van der Waals surface area contributed by atoms with Crippen LogP contribution >= 0.6 is 0 Å². The molecule has 2 heteroatoms. The molecule has 0 rings (SSSR count). The zero-order valence-corrected chi connectivity index (χ0v) is 16.6. The maximum Gasteiger partial charge on any atom is 0.157 e. The molecule has 0 N–H and O–H groups in total. The molecule has 0 fully saturated rings. The van der Waals surface area contributed by atoms with E-state index in [0.717, 1.165) is 32.5 Å². The van der Waals surface area contributed by atoms with E-state index >= 15 is 0 Å². The highest BCUT2D eigenvalue weighted by Crippen LogP contribution is 2.12. The van der Waals surface area contributed by atoms with Gasteiger partial charge in [0.05, 0.1) is 0 Å². The van der Waals surface area contributed by atoms with Crippen molar-refractivity contribution in [2.24, 2.45) is 0 Å². The number of ether oxygens (including phenoxy) is 2. The van der Waals surface area contributed by atoms with E-state index in [1.165, 1.54) is 57.8 Å². The van der Waals surface area contributed by atoms with E-state index < -0.39 is 0 Å². The Labute approximate surface area is 151 Å². The van der Waals surface area contributed by atoms with Gasteiger partial charge in [0, 0.05) is 13.2 Å². The van der Waals surface area contributed by atoms with Crippen molar-refractivity contribution in [2.75, 3.05) is 13.2 Å². The summed E-state index contributed by atoms with van der Waals surface area (Å²) >= 11 is 0. The topological polar surface area (TPSA) is 18.5 Å². The summed E-state index contributed by atoms with van der Waals surface area (Å²) in [7, 11) is 0. The van der Waals surface area contributed by atoms with Crippen LogP contribution in [-0.4, -0.2) is 19.5 Å². The molecule has 0 aliphatic carbocycles. The van der Waals surface area contributed by atoms with Gasteiger partial charge in [-0.2, -0.15) is 0 Å². The van der Waals surface area contributed by atoms with Crippen molar-refractivity contribution in [3.8, 4) is 0 Å². The predicted molar refractivity (Wildman–Crippen MR) is 106 cm³/mol. The summed E-state index contributed by atoms with van der Waals surface area (Å²) in [6.07, 6.45) is 23.7. The zero-order chi connectivity index (χ0) is 17.7. The fourth-order valence-corrected chi connectivity index (χ4v) is 2.49. The molecule has 0 unspecified atom stereocenters. The third-order valence-electron chi connectivity index (χ3n) is 3.93. The fraction of sp³-hybridized carbons (Fsp3) is 0.818. The maximum atomic E-state index is 5.76. The Morgan fingerprint density at radius 2 is 1.17 bits per heavy atom. The van der Waals surface area contributed by atoms with Gasteiger partial charge < -0.3 is 9.47 Å². The van der Waals surface area contributed by atoms with Crippen LogP contribution in [0.25, 0.3) is 0 Å². The molecule has 0 atom stereocenters. The van der Waals surface area contributed by atoms with Crippen LogP contribution in [0.4, 0.5) is 0 Å². The summed E-state index contributed by atoms with van der Waals surface area (Å²) in [5.74, 6) is 0. The van der Waals surface area contributed by atoms with Crippen molar-refractivity contribution in [2.45, 2.75) is 104 Å². The van der Waals surface area contributed by atoms with Gasteiger partial charge >= 0.3 is 0 Å². The molecule has 0 bridgehead atoms. The Bertz CT molecular complexity index is 276. The molecule has 0 aliphatic rings. The third kappa shape index (κ3) is 17.7. The Morgan fingerprint density at radius 3 is 1.75 bits per heavy atom. The van der Waals surface area contributed by atoms with Gasteiger partial charge in [-0.25, -0.2) is 0 Å². The van der Waals surface area contributed by atoms with Crippen molar-refractivity contribution < 1.29 is 9.47 Å².